The van der Waals surface area contributed by atoms with E-state index in [0.717, 1.165) is 5.69 Å². The normalized spacial score (nSPS) is 13.5. The number of nitrogens with one attached hydrogen (secondary N) is 1. The summed E-state index contributed by atoms with van der Waals surface area (Å²) >= 11 is 0. The Morgan fingerprint density at radius 1 is 1.27 bits per heavy atom. The molecule has 0 bridgehead atoms. The number of nitrogens with zero attached hydrogens (tertiary/aromatic N) is 3. The molecule has 0 radical (unpaired) electrons. The summed E-state index contributed by atoms with van der Waals surface area (Å²) in [6.45, 7) is 0. The molecule has 1 aliphatic heterocycles. The smallest absolute Gasteiger partial charge is 0.172 e. The minimum atomic E-state index is 0.692. The highest BCUT2D eigenvalue weighted by atomic mass is 15.3. The zero-order valence-corrected chi connectivity index (χ0v) is 5.73. The molecule has 0 amide bonds. The van der Waals surface area contributed by atoms with E-state index in [2.05, 4.69) is 20.5 Å². The molecule has 0 atom stereocenters. The number of fused-ring (bicyclic) bond motifs is 1. The second kappa shape index (κ2) is 2.49. The number of hydrogen-bond donors (Lipinski definition) is 1. The van der Waals surface area contributed by atoms with Crippen LogP contribution in [0.3, 0.4) is 0 Å². The predicted octanol–water partition coefficient (Wildman–Crippen LogP) is 1.20. The molecule has 0 unspecified atom stereocenters. The maximum absolute atomic E-state index is 4.09. The first-order valence-corrected chi connectivity index (χ1v) is 3.23. The van der Waals surface area contributed by atoms with Gasteiger partial charge in [-0.1, -0.05) is 0 Å². The maximum Gasteiger partial charge on any atom is 0.172 e. The van der Waals surface area contributed by atoms with E-state index in [9.17, 15) is 0 Å². The number of rotatable bonds is 0. The van der Waals surface area contributed by atoms with E-state index in [4.69, 9.17) is 0 Å². The molecule has 0 aromatic carbocycles. The van der Waals surface area contributed by atoms with Crippen LogP contribution in [0.15, 0.2) is 28.4 Å². The highest BCUT2D eigenvalue weighted by Gasteiger charge is 1.99. The third kappa shape index (κ3) is 1.10. The standard InChI is InChI=1S/C7H6N4/c1-2-6-7(9-3-1)11-10-5-4-8-6/h1-5H,(H,9,11). The van der Waals surface area contributed by atoms with Crippen LogP contribution in [0.1, 0.15) is 0 Å². The Morgan fingerprint density at radius 2 is 2.27 bits per heavy atom. The molecule has 2 heterocycles. The Labute approximate surface area is 63.7 Å². The lowest BCUT2D eigenvalue weighted by molar-refractivity contribution is 1.23. The first kappa shape index (κ1) is 6.03. The minimum absolute atomic E-state index is 0.692. The third-order valence-corrected chi connectivity index (χ3v) is 1.31. The van der Waals surface area contributed by atoms with Gasteiger partial charge in [0.2, 0.25) is 0 Å². The fourth-order valence-electron chi connectivity index (χ4n) is 0.833. The molecule has 54 valence electrons. The second-order valence-electron chi connectivity index (χ2n) is 2.04. The van der Waals surface area contributed by atoms with E-state index in [-0.39, 0.29) is 0 Å². The molecule has 4 heteroatoms. The lowest BCUT2D eigenvalue weighted by Gasteiger charge is -1.98. The largest absolute Gasteiger partial charge is 0.260 e. The van der Waals surface area contributed by atoms with Gasteiger partial charge in [0.25, 0.3) is 0 Å². The van der Waals surface area contributed by atoms with Gasteiger partial charge in [0.05, 0.1) is 6.21 Å². The van der Waals surface area contributed by atoms with Gasteiger partial charge >= 0.3 is 0 Å². The van der Waals surface area contributed by atoms with E-state index in [0.29, 0.717) is 5.82 Å². The van der Waals surface area contributed by atoms with Gasteiger partial charge in [-0.05, 0) is 12.1 Å². The molecule has 1 aliphatic rings. The fraction of sp³-hybridized carbons (Fsp3) is 0. The molecule has 0 aliphatic carbocycles. The molecule has 11 heavy (non-hydrogen) atoms. The molecule has 1 N–H and O–H groups in total. The average molecular weight is 146 g/mol. The van der Waals surface area contributed by atoms with Gasteiger partial charge in [-0.2, -0.15) is 5.10 Å². The lowest BCUT2D eigenvalue weighted by Crippen LogP contribution is -1.89. The summed E-state index contributed by atoms with van der Waals surface area (Å²) in [5.41, 5.74) is 3.57. The summed E-state index contributed by atoms with van der Waals surface area (Å²) in [6, 6.07) is 3.71. The summed E-state index contributed by atoms with van der Waals surface area (Å²) < 4.78 is 0. The van der Waals surface area contributed by atoms with E-state index in [1.807, 2.05) is 12.1 Å². The van der Waals surface area contributed by atoms with Crippen molar-refractivity contribution in [2.24, 2.45) is 10.1 Å². The van der Waals surface area contributed by atoms with Crippen LogP contribution in [0.4, 0.5) is 11.5 Å². The highest BCUT2D eigenvalue weighted by molar-refractivity contribution is 6.17. The number of anilines is 1. The number of hydrazone groups is 1. The van der Waals surface area contributed by atoms with E-state index < -0.39 is 0 Å². The number of aromatic nitrogens is 1. The predicted molar refractivity (Wildman–Crippen MR) is 44.5 cm³/mol. The summed E-state index contributed by atoms with van der Waals surface area (Å²) in [5.74, 6) is 0.692. The van der Waals surface area contributed by atoms with E-state index in [1.165, 1.54) is 0 Å². The van der Waals surface area contributed by atoms with Crippen molar-refractivity contribution in [3.05, 3.63) is 18.3 Å². The molecule has 0 fully saturated rings. The fourth-order valence-corrected chi connectivity index (χ4v) is 0.833. The molecule has 0 spiro atoms. The third-order valence-electron chi connectivity index (χ3n) is 1.31. The van der Waals surface area contributed by atoms with Crippen LogP contribution < -0.4 is 5.43 Å². The Kier molecular flexibility index (Phi) is 1.37. The van der Waals surface area contributed by atoms with Crippen LogP contribution >= 0.6 is 0 Å². The summed E-state index contributed by atoms with van der Waals surface area (Å²) in [5, 5.41) is 3.83. The van der Waals surface area contributed by atoms with E-state index in [1.54, 1.807) is 18.6 Å². The van der Waals surface area contributed by atoms with Crippen LogP contribution in [0.25, 0.3) is 0 Å². The van der Waals surface area contributed by atoms with Gasteiger partial charge in [-0.15, -0.1) is 0 Å². The molecule has 1 aromatic heterocycles. The highest BCUT2D eigenvalue weighted by Crippen LogP contribution is 2.21. The zero-order chi connectivity index (χ0) is 7.52. The number of pyridine rings is 1. The quantitative estimate of drug-likeness (QED) is 0.597. The van der Waals surface area contributed by atoms with Crippen molar-refractivity contribution in [3.8, 4) is 0 Å². The van der Waals surface area contributed by atoms with Crippen molar-refractivity contribution >= 4 is 23.9 Å². The van der Waals surface area contributed by atoms with Gasteiger partial charge in [0.15, 0.2) is 5.82 Å². The van der Waals surface area contributed by atoms with Crippen molar-refractivity contribution in [1.82, 2.24) is 4.98 Å². The van der Waals surface area contributed by atoms with Crippen LogP contribution in [-0.2, 0) is 0 Å². The first-order chi connectivity index (χ1) is 5.47. The first-order valence-electron chi connectivity index (χ1n) is 3.23. The Bertz CT molecular complexity index is 316. The molecule has 0 saturated carbocycles. The maximum atomic E-state index is 4.09. The van der Waals surface area contributed by atoms with Gasteiger partial charge in [-0.25, -0.2) is 4.98 Å². The monoisotopic (exact) mass is 146 g/mol. The van der Waals surface area contributed by atoms with Crippen LogP contribution in [0.5, 0.6) is 0 Å². The second-order valence-corrected chi connectivity index (χ2v) is 2.04. The molecule has 2 rings (SSSR count). The average Bonchev–Trinajstić information content (AvgIpc) is 2.28. The van der Waals surface area contributed by atoms with Crippen molar-refractivity contribution < 1.29 is 0 Å². The van der Waals surface area contributed by atoms with Gasteiger partial charge in [0.1, 0.15) is 5.69 Å². The zero-order valence-electron chi connectivity index (χ0n) is 5.73. The van der Waals surface area contributed by atoms with Crippen molar-refractivity contribution in [3.63, 3.8) is 0 Å². The molecule has 4 nitrogen and oxygen atoms in total. The summed E-state index contributed by atoms with van der Waals surface area (Å²) in [6.07, 6.45) is 4.91. The molecular weight excluding hydrogens is 140 g/mol. The Morgan fingerprint density at radius 3 is 3.27 bits per heavy atom. The van der Waals surface area contributed by atoms with Gasteiger partial charge in [-0.3, -0.25) is 10.4 Å². The Balaban J connectivity index is 2.52. The van der Waals surface area contributed by atoms with Crippen LogP contribution in [0.2, 0.25) is 0 Å². The van der Waals surface area contributed by atoms with Crippen molar-refractivity contribution in [1.29, 1.82) is 0 Å². The molecule has 1 aromatic rings. The van der Waals surface area contributed by atoms with Gasteiger partial charge in [0, 0.05) is 12.4 Å². The topological polar surface area (TPSA) is 49.6 Å². The Hall–Kier alpha value is -1.71. The number of hydrogen-bond acceptors (Lipinski definition) is 4. The SMILES string of the molecule is C1=NNc2ncccc2N=C1. The number of aliphatic imine (C=N–C) groups is 1. The van der Waals surface area contributed by atoms with Crippen molar-refractivity contribution in [2.45, 2.75) is 0 Å². The van der Waals surface area contributed by atoms with Crippen LogP contribution in [0, 0.1) is 0 Å². The van der Waals surface area contributed by atoms with Crippen LogP contribution in [-0.4, -0.2) is 17.4 Å². The summed E-state index contributed by atoms with van der Waals surface area (Å²) in [7, 11) is 0. The molecule has 0 saturated heterocycles. The van der Waals surface area contributed by atoms with Gasteiger partial charge < -0.3 is 0 Å². The minimum Gasteiger partial charge on any atom is -0.260 e. The summed E-state index contributed by atoms with van der Waals surface area (Å²) in [4.78, 5) is 8.13. The van der Waals surface area contributed by atoms with E-state index >= 15 is 0 Å². The lowest BCUT2D eigenvalue weighted by atomic mass is 10.4. The molecular formula is C7H6N4. The van der Waals surface area contributed by atoms with Crippen molar-refractivity contribution in [2.75, 3.05) is 5.43 Å².